The number of aryl methyl sites for hydroxylation is 1. The van der Waals surface area contributed by atoms with Gasteiger partial charge in [0, 0.05) is 18.2 Å². The predicted octanol–water partition coefficient (Wildman–Crippen LogP) is 3.50. The minimum atomic E-state index is 0.119. The third-order valence-electron chi connectivity index (χ3n) is 3.87. The first-order valence-corrected chi connectivity index (χ1v) is 7.16. The maximum Gasteiger partial charge on any atom is 0.0947 e. The van der Waals surface area contributed by atoms with Gasteiger partial charge in [0.25, 0.3) is 0 Å². The number of furan rings is 1. The normalized spacial score (nSPS) is 14.4. The van der Waals surface area contributed by atoms with Crippen LogP contribution in [0.1, 0.15) is 36.1 Å². The Kier molecular flexibility index (Phi) is 4.99. The summed E-state index contributed by atoms with van der Waals surface area (Å²) in [5.41, 5.74) is 10.2. The van der Waals surface area contributed by atoms with Crippen molar-refractivity contribution in [2.24, 2.45) is 5.73 Å². The first-order valence-electron chi connectivity index (χ1n) is 7.16. The van der Waals surface area contributed by atoms with E-state index in [0.717, 1.165) is 13.0 Å². The summed E-state index contributed by atoms with van der Waals surface area (Å²) in [5.74, 6) is 0. The molecule has 0 aliphatic rings. The average Bonchev–Trinajstić information content (AvgIpc) is 2.93. The van der Waals surface area contributed by atoms with Gasteiger partial charge >= 0.3 is 0 Å². The second kappa shape index (κ2) is 6.73. The summed E-state index contributed by atoms with van der Waals surface area (Å²) in [6.07, 6.45) is 4.46. The molecular weight excluding hydrogens is 248 g/mol. The number of nitrogens with two attached hydrogens (primary N) is 1. The highest BCUT2D eigenvalue weighted by Crippen LogP contribution is 2.27. The fourth-order valence-corrected chi connectivity index (χ4v) is 2.71. The van der Waals surface area contributed by atoms with Crippen LogP contribution in [0, 0.1) is 6.92 Å². The molecule has 1 aromatic heterocycles. The van der Waals surface area contributed by atoms with E-state index in [1.54, 1.807) is 12.5 Å². The van der Waals surface area contributed by atoms with Gasteiger partial charge in [0.1, 0.15) is 0 Å². The van der Waals surface area contributed by atoms with Crippen molar-refractivity contribution in [1.82, 2.24) is 4.90 Å². The van der Waals surface area contributed by atoms with Crippen molar-refractivity contribution in [3.05, 3.63) is 59.5 Å². The van der Waals surface area contributed by atoms with Crippen LogP contribution >= 0.6 is 0 Å². The van der Waals surface area contributed by atoms with Crippen LogP contribution in [0.15, 0.2) is 47.3 Å². The van der Waals surface area contributed by atoms with Crippen molar-refractivity contribution in [2.45, 2.75) is 38.9 Å². The number of likely N-dealkylation sites (N-methyl/N-ethyl adjacent to an activating group) is 1. The monoisotopic (exact) mass is 272 g/mol. The molecule has 0 saturated heterocycles. The summed E-state index contributed by atoms with van der Waals surface area (Å²) >= 11 is 0. The molecule has 2 rings (SSSR count). The largest absolute Gasteiger partial charge is 0.472 e. The molecule has 0 radical (unpaired) electrons. The van der Waals surface area contributed by atoms with Crippen molar-refractivity contribution in [3.8, 4) is 0 Å². The van der Waals surface area contributed by atoms with Gasteiger partial charge in [0.15, 0.2) is 0 Å². The van der Waals surface area contributed by atoms with Gasteiger partial charge in [-0.15, -0.1) is 0 Å². The molecule has 1 aromatic carbocycles. The molecule has 2 atom stereocenters. The zero-order valence-corrected chi connectivity index (χ0v) is 12.5. The number of benzene rings is 1. The van der Waals surface area contributed by atoms with Gasteiger partial charge in [-0.3, -0.25) is 4.90 Å². The van der Waals surface area contributed by atoms with E-state index in [-0.39, 0.29) is 12.1 Å². The highest BCUT2D eigenvalue weighted by atomic mass is 16.3. The van der Waals surface area contributed by atoms with Crippen molar-refractivity contribution in [2.75, 3.05) is 7.05 Å². The summed E-state index contributed by atoms with van der Waals surface area (Å²) < 4.78 is 5.15. The zero-order chi connectivity index (χ0) is 14.5. The van der Waals surface area contributed by atoms with Crippen LogP contribution in [0.5, 0.6) is 0 Å². The number of rotatable bonds is 6. The quantitative estimate of drug-likeness (QED) is 0.875. The van der Waals surface area contributed by atoms with E-state index in [4.69, 9.17) is 10.2 Å². The van der Waals surface area contributed by atoms with E-state index in [2.05, 4.69) is 50.1 Å². The van der Waals surface area contributed by atoms with E-state index in [1.165, 1.54) is 16.7 Å². The van der Waals surface area contributed by atoms with Crippen LogP contribution in [0.2, 0.25) is 0 Å². The summed E-state index contributed by atoms with van der Waals surface area (Å²) in [4.78, 5) is 2.31. The molecule has 3 heteroatoms. The van der Waals surface area contributed by atoms with E-state index in [9.17, 15) is 0 Å². The maximum atomic E-state index is 6.38. The Morgan fingerprint density at radius 2 is 2.00 bits per heavy atom. The minimum absolute atomic E-state index is 0.119. The van der Waals surface area contributed by atoms with E-state index in [0.29, 0.717) is 0 Å². The second-order valence-electron chi connectivity index (χ2n) is 5.42. The van der Waals surface area contributed by atoms with Crippen molar-refractivity contribution < 1.29 is 4.42 Å². The Morgan fingerprint density at radius 3 is 2.60 bits per heavy atom. The lowest BCUT2D eigenvalue weighted by Crippen LogP contribution is -2.38. The molecule has 3 nitrogen and oxygen atoms in total. The lowest BCUT2D eigenvalue weighted by atomic mass is 9.93. The molecule has 0 amide bonds. The van der Waals surface area contributed by atoms with E-state index >= 15 is 0 Å². The first kappa shape index (κ1) is 14.8. The van der Waals surface area contributed by atoms with Gasteiger partial charge in [-0.05, 0) is 37.6 Å². The van der Waals surface area contributed by atoms with Gasteiger partial charge in [0.2, 0.25) is 0 Å². The molecule has 0 saturated carbocycles. The molecular formula is C17H24N2O. The molecule has 0 aliphatic carbocycles. The fourth-order valence-electron chi connectivity index (χ4n) is 2.71. The molecule has 108 valence electrons. The Morgan fingerprint density at radius 1 is 1.25 bits per heavy atom. The molecule has 2 N–H and O–H groups in total. The summed E-state index contributed by atoms with van der Waals surface area (Å²) in [6.45, 7) is 5.13. The molecule has 0 aliphatic heterocycles. The highest BCUT2D eigenvalue weighted by molar-refractivity contribution is 5.30. The number of nitrogens with zero attached hydrogens (tertiary/aromatic N) is 1. The standard InChI is InChI=1S/C17H24N2O/c1-4-16(18)17(15-8-6-5-7-13(15)2)19(3)11-14-9-10-20-12-14/h5-10,12,16-17H,4,11,18H2,1-3H3. The van der Waals surface area contributed by atoms with Crippen LogP contribution in [0.4, 0.5) is 0 Å². The zero-order valence-electron chi connectivity index (χ0n) is 12.5. The summed E-state index contributed by atoms with van der Waals surface area (Å²) in [5, 5.41) is 0. The third-order valence-corrected chi connectivity index (χ3v) is 3.87. The van der Waals surface area contributed by atoms with Crippen molar-refractivity contribution in [1.29, 1.82) is 0 Å². The van der Waals surface area contributed by atoms with Crippen molar-refractivity contribution in [3.63, 3.8) is 0 Å². The highest BCUT2D eigenvalue weighted by Gasteiger charge is 2.24. The van der Waals surface area contributed by atoms with Gasteiger partial charge < -0.3 is 10.2 Å². The smallest absolute Gasteiger partial charge is 0.0947 e. The Bertz CT molecular complexity index is 522. The SMILES string of the molecule is CCC(N)C(c1ccccc1C)N(C)Cc1ccoc1. The van der Waals surface area contributed by atoms with Crippen LogP contribution in [-0.4, -0.2) is 18.0 Å². The van der Waals surface area contributed by atoms with Crippen LogP contribution < -0.4 is 5.73 Å². The van der Waals surface area contributed by atoms with E-state index in [1.807, 2.05) is 6.07 Å². The Balaban J connectivity index is 2.25. The summed E-state index contributed by atoms with van der Waals surface area (Å²) in [7, 11) is 2.12. The minimum Gasteiger partial charge on any atom is -0.472 e. The second-order valence-corrected chi connectivity index (χ2v) is 5.42. The van der Waals surface area contributed by atoms with Crippen LogP contribution in [-0.2, 0) is 6.54 Å². The van der Waals surface area contributed by atoms with Gasteiger partial charge in [-0.1, -0.05) is 31.2 Å². The predicted molar refractivity (Wildman–Crippen MR) is 82.4 cm³/mol. The Hall–Kier alpha value is -1.58. The fraction of sp³-hybridized carbons (Fsp3) is 0.412. The number of hydrogen-bond acceptors (Lipinski definition) is 3. The van der Waals surface area contributed by atoms with Gasteiger partial charge in [-0.2, -0.15) is 0 Å². The molecule has 0 bridgehead atoms. The van der Waals surface area contributed by atoms with Crippen LogP contribution in [0.3, 0.4) is 0 Å². The molecule has 0 spiro atoms. The Labute approximate surface area is 121 Å². The van der Waals surface area contributed by atoms with Crippen LogP contribution in [0.25, 0.3) is 0 Å². The number of hydrogen-bond donors (Lipinski definition) is 1. The first-order chi connectivity index (χ1) is 9.63. The molecule has 1 heterocycles. The van der Waals surface area contributed by atoms with Gasteiger partial charge in [-0.25, -0.2) is 0 Å². The third kappa shape index (κ3) is 3.30. The van der Waals surface area contributed by atoms with Crippen molar-refractivity contribution >= 4 is 0 Å². The maximum absolute atomic E-state index is 6.38. The lowest BCUT2D eigenvalue weighted by Gasteiger charge is -2.33. The topological polar surface area (TPSA) is 42.4 Å². The molecule has 0 fully saturated rings. The summed E-state index contributed by atoms with van der Waals surface area (Å²) in [6, 6.07) is 10.8. The van der Waals surface area contributed by atoms with Gasteiger partial charge in [0.05, 0.1) is 18.6 Å². The molecule has 2 unspecified atom stereocenters. The lowest BCUT2D eigenvalue weighted by molar-refractivity contribution is 0.200. The molecule has 20 heavy (non-hydrogen) atoms. The van der Waals surface area contributed by atoms with E-state index < -0.39 is 0 Å². The average molecular weight is 272 g/mol. The molecule has 2 aromatic rings.